The first kappa shape index (κ1) is 22.5. The molecular weight excluding hydrogens is 519 g/mol. The van der Waals surface area contributed by atoms with Crippen molar-refractivity contribution in [3.63, 3.8) is 0 Å². The van der Waals surface area contributed by atoms with Gasteiger partial charge in [-0.25, -0.2) is 4.79 Å². The number of nitrogens with zero attached hydrogens (tertiary/aromatic N) is 2. The van der Waals surface area contributed by atoms with E-state index in [0.717, 1.165) is 35.8 Å². The Morgan fingerprint density at radius 3 is 2.76 bits per heavy atom. The van der Waals surface area contributed by atoms with Crippen LogP contribution in [0.15, 0.2) is 20.9 Å². The molecule has 25 heavy (non-hydrogen) atoms. The molecule has 9 heteroatoms. The van der Waals surface area contributed by atoms with E-state index in [4.69, 9.17) is 4.74 Å². The summed E-state index contributed by atoms with van der Waals surface area (Å²) in [4.78, 5) is 19.6. The lowest BCUT2D eigenvalue weighted by Gasteiger charge is -2.23. The standard InChI is InChI=1S/C16H25BrN4O2S.HI/c1-16(2,3)23-15(22)20-11-7-8-21(10-11)14(18-4)19-9-12-5-6-13(17)24-12;/h5-6,11H,7-10H2,1-4H3,(H,18,19)(H,20,22);1H. The number of ether oxygens (including phenoxy) is 1. The maximum atomic E-state index is 11.9. The minimum absolute atomic E-state index is 0. The number of likely N-dealkylation sites (tertiary alicyclic amines) is 1. The van der Waals surface area contributed by atoms with Crippen LogP contribution in [-0.4, -0.2) is 48.7 Å². The Bertz CT molecular complexity index is 603. The van der Waals surface area contributed by atoms with Crippen LogP contribution in [0.5, 0.6) is 0 Å². The van der Waals surface area contributed by atoms with Gasteiger partial charge in [0, 0.05) is 25.0 Å². The smallest absolute Gasteiger partial charge is 0.407 e. The quantitative estimate of drug-likeness (QED) is 0.345. The highest BCUT2D eigenvalue weighted by molar-refractivity contribution is 14.0. The van der Waals surface area contributed by atoms with Crippen LogP contribution in [0.25, 0.3) is 0 Å². The van der Waals surface area contributed by atoms with Gasteiger partial charge in [-0.2, -0.15) is 0 Å². The van der Waals surface area contributed by atoms with Crippen molar-refractivity contribution < 1.29 is 9.53 Å². The van der Waals surface area contributed by atoms with E-state index in [2.05, 4.69) is 42.5 Å². The fraction of sp³-hybridized carbons (Fsp3) is 0.625. The lowest BCUT2D eigenvalue weighted by Crippen LogP contribution is -2.44. The van der Waals surface area contributed by atoms with Gasteiger partial charge in [0.1, 0.15) is 5.60 Å². The number of rotatable bonds is 3. The highest BCUT2D eigenvalue weighted by Crippen LogP contribution is 2.22. The molecule has 142 valence electrons. The van der Waals surface area contributed by atoms with Crippen molar-refractivity contribution in [2.24, 2.45) is 4.99 Å². The van der Waals surface area contributed by atoms with Gasteiger partial charge >= 0.3 is 6.09 Å². The van der Waals surface area contributed by atoms with Crippen molar-refractivity contribution in [1.29, 1.82) is 0 Å². The first-order valence-electron chi connectivity index (χ1n) is 7.96. The normalized spacial score (nSPS) is 17.9. The van der Waals surface area contributed by atoms with E-state index in [1.54, 1.807) is 18.4 Å². The summed E-state index contributed by atoms with van der Waals surface area (Å²) < 4.78 is 6.43. The summed E-state index contributed by atoms with van der Waals surface area (Å²) in [6, 6.07) is 4.21. The molecule has 1 aromatic heterocycles. The second-order valence-electron chi connectivity index (χ2n) is 6.68. The SMILES string of the molecule is CN=C(NCc1ccc(Br)s1)N1CCC(NC(=O)OC(C)(C)C)C1.I. The zero-order valence-electron chi connectivity index (χ0n) is 15.0. The van der Waals surface area contributed by atoms with E-state index in [-0.39, 0.29) is 36.1 Å². The van der Waals surface area contributed by atoms with Crippen LogP contribution in [0.4, 0.5) is 4.79 Å². The molecular formula is C16H26BrIN4O2S. The number of carbonyl (C=O) groups is 1. The topological polar surface area (TPSA) is 66.0 Å². The Hall–Kier alpha value is -0.550. The molecule has 1 fully saturated rings. The third kappa shape index (κ3) is 7.69. The van der Waals surface area contributed by atoms with E-state index >= 15 is 0 Å². The van der Waals surface area contributed by atoms with E-state index in [9.17, 15) is 4.79 Å². The molecule has 2 heterocycles. The monoisotopic (exact) mass is 544 g/mol. The number of guanidine groups is 1. The van der Waals surface area contributed by atoms with Crippen LogP contribution in [0, 0.1) is 0 Å². The molecule has 1 aromatic rings. The molecule has 1 aliphatic rings. The number of hydrogen-bond acceptors (Lipinski definition) is 4. The number of hydrogen-bond donors (Lipinski definition) is 2. The molecule has 1 amide bonds. The minimum atomic E-state index is -0.477. The maximum Gasteiger partial charge on any atom is 0.407 e. The van der Waals surface area contributed by atoms with Crippen LogP contribution in [-0.2, 0) is 11.3 Å². The summed E-state index contributed by atoms with van der Waals surface area (Å²) in [6.07, 6.45) is 0.519. The maximum absolute atomic E-state index is 11.9. The van der Waals surface area contributed by atoms with E-state index in [0.29, 0.717) is 0 Å². The van der Waals surface area contributed by atoms with Crippen LogP contribution in [0.1, 0.15) is 32.1 Å². The average molecular weight is 545 g/mol. The van der Waals surface area contributed by atoms with Gasteiger partial charge in [-0.1, -0.05) is 0 Å². The molecule has 1 atom stereocenters. The first-order chi connectivity index (χ1) is 11.3. The molecule has 1 unspecified atom stereocenters. The van der Waals surface area contributed by atoms with Gasteiger partial charge in [0.15, 0.2) is 5.96 Å². The second-order valence-corrected chi connectivity index (χ2v) is 9.23. The van der Waals surface area contributed by atoms with Gasteiger partial charge in [0.2, 0.25) is 0 Å². The summed E-state index contributed by atoms with van der Waals surface area (Å²) >= 11 is 5.18. The lowest BCUT2D eigenvalue weighted by molar-refractivity contribution is 0.0507. The van der Waals surface area contributed by atoms with Crippen LogP contribution in [0.2, 0.25) is 0 Å². The number of amides is 1. The number of halogens is 2. The largest absolute Gasteiger partial charge is 0.444 e. The highest BCUT2D eigenvalue weighted by atomic mass is 127. The van der Waals surface area contributed by atoms with E-state index < -0.39 is 5.60 Å². The minimum Gasteiger partial charge on any atom is -0.444 e. The molecule has 0 spiro atoms. The molecule has 2 N–H and O–H groups in total. The van der Waals surface area contributed by atoms with Gasteiger partial charge in [-0.05, 0) is 55.3 Å². The van der Waals surface area contributed by atoms with Gasteiger partial charge in [0.05, 0.1) is 16.4 Å². The average Bonchev–Trinajstić information content (AvgIpc) is 3.07. The van der Waals surface area contributed by atoms with Gasteiger partial charge in [-0.15, -0.1) is 35.3 Å². The Morgan fingerprint density at radius 2 is 2.20 bits per heavy atom. The Labute approximate surface area is 178 Å². The van der Waals surface area contributed by atoms with Crippen LogP contribution < -0.4 is 10.6 Å². The molecule has 0 aliphatic carbocycles. The van der Waals surface area contributed by atoms with Crippen LogP contribution in [0.3, 0.4) is 0 Å². The molecule has 0 saturated carbocycles. The molecule has 0 bridgehead atoms. The van der Waals surface area contributed by atoms with Crippen molar-refractivity contribution in [3.8, 4) is 0 Å². The van der Waals surface area contributed by atoms with Gasteiger partial charge < -0.3 is 20.3 Å². The van der Waals surface area contributed by atoms with Gasteiger partial charge in [-0.3, -0.25) is 4.99 Å². The van der Waals surface area contributed by atoms with Crippen molar-refractivity contribution >= 4 is 63.3 Å². The highest BCUT2D eigenvalue weighted by Gasteiger charge is 2.27. The number of alkyl carbamates (subject to hydrolysis) is 1. The van der Waals surface area contributed by atoms with Crippen molar-refractivity contribution in [2.75, 3.05) is 20.1 Å². The molecule has 0 aromatic carbocycles. The molecule has 0 radical (unpaired) electrons. The van der Waals surface area contributed by atoms with Crippen molar-refractivity contribution in [3.05, 3.63) is 20.8 Å². The lowest BCUT2D eigenvalue weighted by atomic mass is 10.2. The predicted molar refractivity (Wildman–Crippen MR) is 117 cm³/mol. The number of thiophene rings is 1. The predicted octanol–water partition coefficient (Wildman–Crippen LogP) is 3.80. The summed E-state index contributed by atoms with van der Waals surface area (Å²) in [5, 5.41) is 6.31. The van der Waals surface area contributed by atoms with E-state index in [1.165, 1.54) is 4.88 Å². The second kappa shape index (κ2) is 9.96. The third-order valence-electron chi connectivity index (χ3n) is 3.47. The van der Waals surface area contributed by atoms with Crippen molar-refractivity contribution in [2.45, 2.75) is 45.4 Å². The Kier molecular flexibility index (Phi) is 8.96. The summed E-state index contributed by atoms with van der Waals surface area (Å²) in [7, 11) is 1.78. The molecule has 1 saturated heterocycles. The van der Waals surface area contributed by atoms with Crippen molar-refractivity contribution in [1.82, 2.24) is 15.5 Å². The fourth-order valence-corrected chi connectivity index (χ4v) is 3.91. The third-order valence-corrected chi connectivity index (χ3v) is 5.09. The molecule has 1 aliphatic heterocycles. The Morgan fingerprint density at radius 1 is 1.48 bits per heavy atom. The van der Waals surface area contributed by atoms with E-state index in [1.807, 2.05) is 26.8 Å². The fourth-order valence-electron chi connectivity index (χ4n) is 2.49. The first-order valence-corrected chi connectivity index (χ1v) is 9.57. The summed E-state index contributed by atoms with van der Waals surface area (Å²) in [6.45, 7) is 7.91. The summed E-state index contributed by atoms with van der Waals surface area (Å²) in [5.74, 6) is 0.855. The molecule has 6 nitrogen and oxygen atoms in total. The molecule has 2 rings (SSSR count). The number of aliphatic imine (C=N–C) groups is 1. The zero-order chi connectivity index (χ0) is 17.7. The number of nitrogens with one attached hydrogen (secondary N) is 2. The van der Waals surface area contributed by atoms with Gasteiger partial charge in [0.25, 0.3) is 0 Å². The van der Waals surface area contributed by atoms with Crippen LogP contribution >= 0.6 is 51.2 Å². The Balaban J connectivity index is 0.00000312. The number of carbonyl (C=O) groups excluding carboxylic acids is 1. The zero-order valence-corrected chi connectivity index (χ0v) is 19.7. The summed E-state index contributed by atoms with van der Waals surface area (Å²) in [5.41, 5.74) is -0.477.